The molecule has 0 aliphatic carbocycles. The Morgan fingerprint density at radius 3 is 1.56 bits per heavy atom. The molecule has 0 N–H and O–H groups in total. The zero-order chi connectivity index (χ0) is 7.71. The normalized spacial score (nSPS) is 14.0. The first-order chi connectivity index (χ1) is 3.81. The average molecular weight is 182 g/mol. The third-order valence-corrected chi connectivity index (χ3v) is 1.24. The van der Waals surface area contributed by atoms with Gasteiger partial charge >= 0.3 is 6.18 Å². The van der Waals surface area contributed by atoms with Crippen molar-refractivity contribution in [1.29, 1.82) is 0 Å². The first-order valence-corrected chi connectivity index (χ1v) is 2.59. The molecule has 0 rings (SSSR count). The molecule has 6 heteroatoms. The van der Waals surface area contributed by atoms with Crippen LogP contribution in [0, 0.1) is 0 Å². The molecule has 55 valence electrons. The van der Waals surface area contributed by atoms with Crippen LogP contribution in [-0.2, 0) is 5.11 Å². The van der Waals surface area contributed by atoms with Crippen LogP contribution in [0.15, 0.2) is 0 Å². The van der Waals surface area contributed by atoms with Gasteiger partial charge in [0.05, 0.1) is 0 Å². The van der Waals surface area contributed by atoms with Crippen LogP contribution in [0.2, 0.25) is 0 Å². The van der Waals surface area contributed by atoms with E-state index in [1.54, 1.807) is 0 Å². The maximum atomic E-state index is 11.4. The number of rotatable bonds is 1. The van der Waals surface area contributed by atoms with Crippen LogP contribution in [0.5, 0.6) is 0 Å². The van der Waals surface area contributed by atoms with Crippen molar-refractivity contribution in [3.63, 3.8) is 0 Å². The highest BCUT2D eigenvalue weighted by atomic mass is 35.5. The van der Waals surface area contributed by atoms with Gasteiger partial charge in [0.2, 0.25) is 4.33 Å². The van der Waals surface area contributed by atoms with Crippen molar-refractivity contribution >= 4 is 23.2 Å². The van der Waals surface area contributed by atoms with E-state index < -0.39 is 17.1 Å². The first kappa shape index (κ1) is 9.33. The van der Waals surface area contributed by atoms with Crippen molar-refractivity contribution in [2.75, 3.05) is 6.61 Å². The van der Waals surface area contributed by atoms with Gasteiger partial charge in [-0.05, 0) is 0 Å². The first-order valence-electron chi connectivity index (χ1n) is 1.84. The molecule has 0 heterocycles. The predicted molar refractivity (Wildman–Crippen MR) is 26.0 cm³/mol. The van der Waals surface area contributed by atoms with Gasteiger partial charge in [-0.2, -0.15) is 13.2 Å². The summed E-state index contributed by atoms with van der Waals surface area (Å²) in [5.74, 6) is 0. The molecule has 0 aliphatic rings. The number of alkyl halides is 5. The van der Waals surface area contributed by atoms with Gasteiger partial charge in [0, 0.05) is 0 Å². The van der Waals surface area contributed by atoms with Gasteiger partial charge in [-0.1, -0.05) is 23.2 Å². The van der Waals surface area contributed by atoms with E-state index in [0.29, 0.717) is 0 Å². The van der Waals surface area contributed by atoms with E-state index in [1.165, 1.54) is 0 Å². The van der Waals surface area contributed by atoms with Crippen molar-refractivity contribution < 1.29 is 18.3 Å². The summed E-state index contributed by atoms with van der Waals surface area (Å²) in [5, 5.41) is 9.61. The van der Waals surface area contributed by atoms with Gasteiger partial charge in [-0.15, -0.1) is 0 Å². The second-order valence-electron chi connectivity index (χ2n) is 1.35. The Balaban J connectivity index is 4.14. The highest BCUT2D eigenvalue weighted by molar-refractivity contribution is 6.49. The van der Waals surface area contributed by atoms with Crippen molar-refractivity contribution in [2.45, 2.75) is 10.5 Å². The van der Waals surface area contributed by atoms with Crippen molar-refractivity contribution in [3.8, 4) is 0 Å². The topological polar surface area (TPSA) is 19.9 Å². The Morgan fingerprint density at radius 2 is 1.56 bits per heavy atom. The minimum Gasteiger partial charge on any atom is -0.233 e. The molecule has 0 saturated heterocycles. The van der Waals surface area contributed by atoms with Crippen molar-refractivity contribution in [3.05, 3.63) is 0 Å². The number of hydrogen-bond acceptors (Lipinski definition) is 0. The largest absolute Gasteiger partial charge is 0.423 e. The lowest BCUT2D eigenvalue weighted by Gasteiger charge is -2.18. The highest BCUT2D eigenvalue weighted by Crippen LogP contribution is 2.39. The molecule has 0 amide bonds. The molecule has 1 radical (unpaired) electrons. The van der Waals surface area contributed by atoms with E-state index in [0.717, 1.165) is 0 Å². The molecule has 0 aromatic heterocycles. The molecule has 0 bridgehead atoms. The van der Waals surface area contributed by atoms with Crippen LogP contribution in [0.1, 0.15) is 0 Å². The molecular formula is C3H2Cl2F3O. The van der Waals surface area contributed by atoms with Crippen LogP contribution in [0.4, 0.5) is 13.2 Å². The minimum absolute atomic E-state index is 1.58. The Morgan fingerprint density at radius 1 is 1.22 bits per heavy atom. The Hall–Kier alpha value is 0.330. The van der Waals surface area contributed by atoms with Crippen molar-refractivity contribution in [2.24, 2.45) is 0 Å². The maximum Gasteiger partial charge on any atom is 0.423 e. The fraction of sp³-hybridized carbons (Fsp3) is 1.00. The summed E-state index contributed by atoms with van der Waals surface area (Å²) in [5.41, 5.74) is 0. The molecule has 0 aromatic carbocycles. The molecule has 9 heavy (non-hydrogen) atoms. The molecule has 0 saturated carbocycles. The van der Waals surface area contributed by atoms with E-state index in [9.17, 15) is 18.3 Å². The summed E-state index contributed by atoms with van der Waals surface area (Å²) in [6.45, 7) is -1.58. The summed E-state index contributed by atoms with van der Waals surface area (Å²) < 4.78 is 31.0. The summed E-state index contributed by atoms with van der Waals surface area (Å²) in [4.78, 5) is 0. The second-order valence-corrected chi connectivity index (χ2v) is 2.83. The Kier molecular flexibility index (Phi) is 2.61. The van der Waals surface area contributed by atoms with Gasteiger partial charge in [0.15, 0.2) is 0 Å². The summed E-state index contributed by atoms with van der Waals surface area (Å²) in [6.07, 6.45) is -4.84. The smallest absolute Gasteiger partial charge is 0.233 e. The predicted octanol–water partition coefficient (Wildman–Crippen LogP) is 2.15. The van der Waals surface area contributed by atoms with E-state index in [2.05, 4.69) is 23.2 Å². The van der Waals surface area contributed by atoms with E-state index in [4.69, 9.17) is 0 Å². The fourth-order valence-electron chi connectivity index (χ4n) is 0.0818. The van der Waals surface area contributed by atoms with Crippen molar-refractivity contribution in [1.82, 2.24) is 0 Å². The molecular weight excluding hydrogens is 180 g/mol. The van der Waals surface area contributed by atoms with Crippen LogP contribution >= 0.6 is 23.2 Å². The third-order valence-electron chi connectivity index (χ3n) is 0.596. The molecule has 0 unspecified atom stereocenters. The summed E-state index contributed by atoms with van der Waals surface area (Å²) in [7, 11) is 0. The van der Waals surface area contributed by atoms with E-state index >= 15 is 0 Å². The number of halogens is 5. The standard InChI is InChI=1S/C3H2Cl2F3O/c4-2(5,1-9)3(6,7)8/h1H2. The lowest BCUT2D eigenvalue weighted by molar-refractivity contribution is -0.152. The zero-order valence-electron chi connectivity index (χ0n) is 4.01. The lowest BCUT2D eigenvalue weighted by atomic mass is 10.4. The van der Waals surface area contributed by atoms with Gasteiger partial charge in [-0.3, -0.25) is 0 Å². The van der Waals surface area contributed by atoms with E-state index in [-0.39, 0.29) is 0 Å². The zero-order valence-corrected chi connectivity index (χ0v) is 5.52. The monoisotopic (exact) mass is 181 g/mol. The van der Waals surface area contributed by atoms with Crippen LogP contribution in [0.3, 0.4) is 0 Å². The third kappa shape index (κ3) is 2.20. The van der Waals surface area contributed by atoms with Gasteiger partial charge in [0.1, 0.15) is 6.61 Å². The SMILES string of the molecule is [O]CC(Cl)(Cl)C(F)(F)F. The molecule has 0 aliphatic heterocycles. The van der Waals surface area contributed by atoms with Crippen LogP contribution < -0.4 is 0 Å². The van der Waals surface area contributed by atoms with Gasteiger partial charge in [-0.25, -0.2) is 5.11 Å². The molecule has 0 spiro atoms. The Bertz CT molecular complexity index is 99.7. The average Bonchev–Trinajstić information content (AvgIpc) is 1.64. The van der Waals surface area contributed by atoms with Crippen LogP contribution in [-0.4, -0.2) is 17.1 Å². The quantitative estimate of drug-likeness (QED) is 0.553. The lowest BCUT2D eigenvalue weighted by Crippen LogP contribution is -2.36. The molecule has 0 atom stereocenters. The van der Waals surface area contributed by atoms with E-state index in [1.807, 2.05) is 0 Å². The van der Waals surface area contributed by atoms with Gasteiger partial charge in [0.25, 0.3) is 0 Å². The maximum absolute atomic E-state index is 11.4. The highest BCUT2D eigenvalue weighted by Gasteiger charge is 2.52. The van der Waals surface area contributed by atoms with Crippen LogP contribution in [0.25, 0.3) is 0 Å². The minimum atomic E-state index is -4.84. The second kappa shape index (κ2) is 2.52. The Labute approximate surface area is 59.4 Å². The molecule has 0 fully saturated rings. The number of hydrogen-bond donors (Lipinski definition) is 0. The summed E-state index contributed by atoms with van der Waals surface area (Å²) >= 11 is 9.05. The summed E-state index contributed by atoms with van der Waals surface area (Å²) in [6, 6.07) is 0. The molecule has 1 nitrogen and oxygen atoms in total. The van der Waals surface area contributed by atoms with Gasteiger partial charge < -0.3 is 0 Å². The molecule has 0 aromatic rings. The fourth-order valence-corrected chi connectivity index (χ4v) is 0.0818.